The number of nitrogens with zero attached hydrogens (tertiary/aromatic N) is 1. The van der Waals surface area contributed by atoms with Crippen LogP contribution >= 0.6 is 7.92 Å². The van der Waals surface area contributed by atoms with Gasteiger partial charge in [0.1, 0.15) is 11.0 Å². The zero-order valence-corrected chi connectivity index (χ0v) is 28.5. The molecule has 0 radical (unpaired) electrons. The van der Waals surface area contributed by atoms with Crippen LogP contribution in [0.4, 0.5) is 0 Å². The molecule has 2 aromatic rings. The molecule has 0 bridgehead atoms. The van der Waals surface area contributed by atoms with Gasteiger partial charge in [-0.25, -0.2) is 8.51 Å². The molecule has 0 aliphatic heterocycles. The van der Waals surface area contributed by atoms with Gasteiger partial charge < -0.3 is 0 Å². The highest BCUT2D eigenvalue weighted by atomic mass is 32.2. The molecule has 2 nitrogen and oxygen atoms in total. The summed E-state index contributed by atoms with van der Waals surface area (Å²) in [4.78, 5) is 0. The van der Waals surface area contributed by atoms with E-state index in [9.17, 15) is 4.21 Å². The van der Waals surface area contributed by atoms with Gasteiger partial charge in [0, 0.05) is 7.05 Å². The number of hydrogen-bond acceptors (Lipinski definition) is 1. The summed E-state index contributed by atoms with van der Waals surface area (Å²) < 4.78 is 15.8. The zero-order chi connectivity index (χ0) is 29.1. The Morgan fingerprint density at radius 1 is 0.789 bits per heavy atom. The van der Waals surface area contributed by atoms with E-state index in [-0.39, 0.29) is 31.9 Å². The Morgan fingerprint density at radius 3 is 1.79 bits per heavy atom. The number of fused-ring (bicyclic) bond motifs is 1. The van der Waals surface area contributed by atoms with Crippen LogP contribution in [0.3, 0.4) is 0 Å². The molecule has 3 rings (SSSR count). The van der Waals surface area contributed by atoms with E-state index < -0.39 is 18.9 Å². The first-order chi connectivity index (χ1) is 17.1. The molecule has 0 unspecified atom stereocenters. The minimum Gasteiger partial charge on any atom is -0.242 e. The quantitative estimate of drug-likeness (QED) is 0.337. The molecule has 0 fully saturated rings. The van der Waals surface area contributed by atoms with Crippen LogP contribution in [-0.2, 0) is 21.8 Å². The standard InChI is InChI=1S/C34H54NOPS/c1-30(2,3)37(31(4,5)6)28-18-16-15-17-25(28)29(35(14)38(36)32(7,8)9)24-19-20-26-27(23-24)34(12,13)22-21-33(26,10)11/h15-20,23,29H,21-22H2,1-14H3/t29-,38-/m1/s1. The molecule has 0 amide bonds. The minimum atomic E-state index is -1.17. The van der Waals surface area contributed by atoms with Gasteiger partial charge in [0.15, 0.2) is 0 Å². The van der Waals surface area contributed by atoms with Gasteiger partial charge in [-0.15, -0.1) is 0 Å². The summed E-state index contributed by atoms with van der Waals surface area (Å²) in [5.41, 5.74) is 5.77. The second kappa shape index (κ2) is 10.4. The predicted molar refractivity (Wildman–Crippen MR) is 172 cm³/mol. The molecule has 0 spiro atoms. The molecule has 2 aromatic carbocycles. The fourth-order valence-electron chi connectivity index (χ4n) is 6.54. The topological polar surface area (TPSA) is 20.3 Å². The van der Waals surface area contributed by atoms with Gasteiger partial charge in [0.05, 0.1) is 10.8 Å². The molecule has 38 heavy (non-hydrogen) atoms. The normalized spacial score (nSPS) is 19.4. The Balaban J connectivity index is 2.35. The lowest BCUT2D eigenvalue weighted by Crippen LogP contribution is -2.41. The monoisotopic (exact) mass is 555 g/mol. The van der Waals surface area contributed by atoms with Crippen molar-refractivity contribution < 1.29 is 4.21 Å². The molecule has 1 aliphatic carbocycles. The fraction of sp³-hybridized carbons (Fsp3) is 0.647. The van der Waals surface area contributed by atoms with Crippen molar-refractivity contribution in [2.75, 3.05) is 7.05 Å². The Labute approximate surface area is 238 Å². The maximum Gasteiger partial charge on any atom is 0.100 e. The van der Waals surface area contributed by atoms with E-state index in [4.69, 9.17) is 0 Å². The van der Waals surface area contributed by atoms with E-state index in [1.807, 2.05) is 0 Å². The van der Waals surface area contributed by atoms with Crippen molar-refractivity contribution in [2.45, 2.75) is 135 Å². The van der Waals surface area contributed by atoms with Crippen molar-refractivity contribution in [3.05, 3.63) is 64.7 Å². The summed E-state index contributed by atoms with van der Waals surface area (Å²) >= 11 is 0. The third-order valence-corrected chi connectivity index (χ3v) is 13.5. The van der Waals surface area contributed by atoms with E-state index in [2.05, 4.69) is 144 Å². The van der Waals surface area contributed by atoms with Crippen LogP contribution in [0, 0.1) is 0 Å². The smallest absolute Gasteiger partial charge is 0.100 e. The highest BCUT2D eigenvalue weighted by Gasteiger charge is 2.41. The van der Waals surface area contributed by atoms with E-state index in [1.54, 1.807) is 0 Å². The third kappa shape index (κ3) is 6.31. The maximum absolute atomic E-state index is 14.0. The Kier molecular flexibility index (Phi) is 8.64. The van der Waals surface area contributed by atoms with Crippen LogP contribution < -0.4 is 5.30 Å². The first-order valence-corrected chi connectivity index (χ1v) is 16.7. The molecule has 0 saturated carbocycles. The van der Waals surface area contributed by atoms with Crippen molar-refractivity contribution in [3.8, 4) is 0 Å². The Bertz CT molecular complexity index is 1160. The lowest BCUT2D eigenvalue weighted by molar-refractivity contribution is 0.330. The van der Waals surface area contributed by atoms with Gasteiger partial charge in [0.25, 0.3) is 0 Å². The lowest BCUT2D eigenvalue weighted by atomic mass is 9.63. The first-order valence-electron chi connectivity index (χ1n) is 14.3. The van der Waals surface area contributed by atoms with Crippen LogP contribution in [0.2, 0.25) is 0 Å². The van der Waals surface area contributed by atoms with Gasteiger partial charge in [0.2, 0.25) is 0 Å². The van der Waals surface area contributed by atoms with Crippen molar-refractivity contribution in [3.63, 3.8) is 0 Å². The number of hydrogen-bond donors (Lipinski definition) is 0. The largest absolute Gasteiger partial charge is 0.242 e. The van der Waals surface area contributed by atoms with E-state index in [0.29, 0.717) is 0 Å². The fourth-order valence-corrected chi connectivity index (χ4v) is 12.0. The summed E-state index contributed by atoms with van der Waals surface area (Å²) in [6.07, 6.45) is 2.38. The lowest BCUT2D eigenvalue weighted by Gasteiger charge is -2.45. The summed E-state index contributed by atoms with van der Waals surface area (Å²) in [7, 11) is 0.368. The summed E-state index contributed by atoms with van der Waals surface area (Å²) in [5.74, 6) is 0. The molecule has 0 saturated heterocycles. The number of rotatable bonds is 5. The first kappa shape index (κ1) is 31.5. The highest BCUT2D eigenvalue weighted by molar-refractivity contribution is 7.84. The average molecular weight is 556 g/mol. The molecule has 2 atom stereocenters. The van der Waals surface area contributed by atoms with Crippen molar-refractivity contribution in [2.24, 2.45) is 0 Å². The SMILES string of the molecule is CN([C@H](c1ccc2c(c1)C(C)(C)CCC2(C)C)c1ccccc1P(C(C)(C)C)C(C)(C)C)[S@](=O)C(C)(C)C. The van der Waals surface area contributed by atoms with Crippen molar-refractivity contribution in [1.82, 2.24) is 4.31 Å². The van der Waals surface area contributed by atoms with Crippen LogP contribution in [0.5, 0.6) is 0 Å². The van der Waals surface area contributed by atoms with Crippen LogP contribution in [0.25, 0.3) is 0 Å². The second-order valence-electron chi connectivity index (χ2n) is 15.6. The van der Waals surface area contributed by atoms with Crippen LogP contribution in [0.15, 0.2) is 42.5 Å². The molecule has 212 valence electrons. The van der Waals surface area contributed by atoms with E-state index in [0.717, 1.165) is 0 Å². The molecule has 0 N–H and O–H groups in total. The van der Waals surface area contributed by atoms with Crippen molar-refractivity contribution >= 4 is 24.2 Å². The third-order valence-electron chi connectivity index (χ3n) is 8.16. The minimum absolute atomic E-state index is 0.0907. The van der Waals surface area contributed by atoms with Gasteiger partial charge >= 0.3 is 0 Å². The molecular weight excluding hydrogens is 501 g/mol. The molecule has 1 aliphatic rings. The Morgan fingerprint density at radius 2 is 1.29 bits per heavy atom. The predicted octanol–water partition coefficient (Wildman–Crippen LogP) is 9.22. The molecule has 0 aromatic heterocycles. The molecule has 4 heteroatoms. The second-order valence-corrected chi connectivity index (χ2v) is 21.8. The zero-order valence-electron chi connectivity index (χ0n) is 26.7. The van der Waals surface area contributed by atoms with Crippen LogP contribution in [-0.4, -0.2) is 30.6 Å². The van der Waals surface area contributed by atoms with Crippen LogP contribution in [0.1, 0.15) is 131 Å². The van der Waals surface area contributed by atoms with E-state index in [1.165, 1.54) is 40.4 Å². The summed E-state index contributed by atoms with van der Waals surface area (Å²) in [6.45, 7) is 30.1. The summed E-state index contributed by atoms with van der Waals surface area (Å²) in [6, 6.07) is 16.1. The highest BCUT2D eigenvalue weighted by Crippen LogP contribution is 2.59. The Hall–Kier alpha value is -1.02. The number of benzene rings is 2. The van der Waals surface area contributed by atoms with Gasteiger partial charge in [-0.2, -0.15) is 0 Å². The summed E-state index contributed by atoms with van der Waals surface area (Å²) in [5, 5.41) is 1.71. The van der Waals surface area contributed by atoms with Gasteiger partial charge in [-0.1, -0.05) is 120 Å². The van der Waals surface area contributed by atoms with Crippen molar-refractivity contribution in [1.29, 1.82) is 0 Å². The maximum atomic E-state index is 14.0. The van der Waals surface area contributed by atoms with Gasteiger partial charge in [-0.05, 0) is 82.3 Å². The van der Waals surface area contributed by atoms with E-state index >= 15 is 0 Å². The molecule has 0 heterocycles. The average Bonchev–Trinajstić information content (AvgIpc) is 2.75. The van der Waals surface area contributed by atoms with Gasteiger partial charge in [-0.3, -0.25) is 0 Å². The molecular formula is C34H54NOPS.